The van der Waals surface area contributed by atoms with Crippen LogP contribution in [0.15, 0.2) is 22.7 Å². The molecule has 1 aromatic heterocycles. The van der Waals surface area contributed by atoms with Gasteiger partial charge in [0, 0.05) is 16.0 Å². The lowest BCUT2D eigenvalue weighted by atomic mass is 10.1. The third-order valence-electron chi connectivity index (χ3n) is 2.58. The monoisotopic (exact) mass is 333 g/mol. The van der Waals surface area contributed by atoms with Gasteiger partial charge in [0.1, 0.15) is 5.82 Å². The second kappa shape index (κ2) is 4.96. The summed E-state index contributed by atoms with van der Waals surface area (Å²) in [5.74, 6) is 0.695. The van der Waals surface area contributed by atoms with Crippen molar-refractivity contribution >= 4 is 15.9 Å². The molecule has 0 aliphatic rings. The lowest BCUT2D eigenvalue weighted by Crippen LogP contribution is -2.07. The average molecular weight is 334 g/mol. The largest absolute Gasteiger partial charge is 0.417 e. The van der Waals surface area contributed by atoms with E-state index in [2.05, 4.69) is 31.1 Å². The van der Waals surface area contributed by atoms with Crippen molar-refractivity contribution in [3.8, 4) is 11.4 Å². The fourth-order valence-electron chi connectivity index (χ4n) is 1.60. The van der Waals surface area contributed by atoms with Gasteiger partial charge in [0.2, 0.25) is 0 Å². The van der Waals surface area contributed by atoms with Crippen molar-refractivity contribution in [3.05, 3.63) is 34.1 Å². The maximum atomic E-state index is 13.0. The van der Waals surface area contributed by atoms with Gasteiger partial charge in [-0.3, -0.25) is 5.10 Å². The first-order valence-electron chi connectivity index (χ1n) is 5.58. The number of hydrogen-bond acceptors (Lipinski definition) is 2. The Bertz CT molecular complexity index is 590. The zero-order valence-corrected chi connectivity index (χ0v) is 11.8. The Balaban J connectivity index is 2.55. The Morgan fingerprint density at radius 3 is 2.47 bits per heavy atom. The number of halogens is 4. The van der Waals surface area contributed by atoms with E-state index in [1.807, 2.05) is 13.8 Å². The molecule has 0 saturated heterocycles. The zero-order valence-electron chi connectivity index (χ0n) is 10.2. The molecule has 7 heteroatoms. The normalized spacial score (nSPS) is 12.2. The topological polar surface area (TPSA) is 41.6 Å². The highest BCUT2D eigenvalue weighted by Crippen LogP contribution is 2.37. The summed E-state index contributed by atoms with van der Waals surface area (Å²) in [6.45, 7) is 3.77. The summed E-state index contributed by atoms with van der Waals surface area (Å²) >= 11 is 3.04. The summed E-state index contributed by atoms with van der Waals surface area (Å²) in [6, 6.07) is 3.93. The van der Waals surface area contributed by atoms with Gasteiger partial charge in [-0.1, -0.05) is 29.8 Å². The zero-order chi connectivity index (χ0) is 14.2. The molecule has 1 N–H and O–H groups in total. The molecule has 2 rings (SSSR count). The molecule has 1 aromatic carbocycles. The number of H-pyrrole nitrogens is 1. The lowest BCUT2D eigenvalue weighted by Gasteiger charge is -2.11. The van der Waals surface area contributed by atoms with Crippen molar-refractivity contribution in [3.63, 3.8) is 0 Å². The van der Waals surface area contributed by atoms with Crippen molar-refractivity contribution in [2.24, 2.45) is 0 Å². The number of aromatic amines is 1. The third kappa shape index (κ3) is 2.97. The van der Waals surface area contributed by atoms with Crippen LogP contribution >= 0.6 is 15.9 Å². The third-order valence-corrected chi connectivity index (χ3v) is 3.07. The number of hydrogen-bond donors (Lipinski definition) is 1. The molecule has 0 aliphatic carbocycles. The molecule has 1 heterocycles. The van der Waals surface area contributed by atoms with E-state index in [9.17, 15) is 13.2 Å². The Labute approximate surface area is 116 Å². The fraction of sp³-hybridized carbons (Fsp3) is 0.333. The maximum Gasteiger partial charge on any atom is 0.417 e. The number of rotatable bonds is 2. The Kier molecular flexibility index (Phi) is 3.66. The average Bonchev–Trinajstić information content (AvgIpc) is 2.77. The minimum absolute atomic E-state index is 0.0288. The van der Waals surface area contributed by atoms with Gasteiger partial charge in [0.15, 0.2) is 5.82 Å². The standard InChI is InChI=1S/C12H11BrF3N3/c1-6(2)10-17-11(19-18-10)8-4-3-7(13)5-9(8)12(14,15)16/h3-6H,1-2H3,(H,17,18,19). The van der Waals surface area contributed by atoms with E-state index in [1.54, 1.807) is 0 Å². The highest BCUT2D eigenvalue weighted by Gasteiger charge is 2.34. The Morgan fingerprint density at radius 2 is 1.95 bits per heavy atom. The van der Waals surface area contributed by atoms with Crippen molar-refractivity contribution in [1.82, 2.24) is 15.2 Å². The quantitative estimate of drug-likeness (QED) is 0.886. The number of nitrogens with zero attached hydrogens (tertiary/aromatic N) is 2. The van der Waals surface area contributed by atoms with Gasteiger partial charge in [0.25, 0.3) is 0 Å². The van der Waals surface area contributed by atoms with Crippen LogP contribution in [0.1, 0.15) is 31.2 Å². The minimum atomic E-state index is -4.45. The van der Waals surface area contributed by atoms with Crippen LogP contribution in [0.3, 0.4) is 0 Å². The molecule has 2 aromatic rings. The molecule has 0 aliphatic heterocycles. The van der Waals surface area contributed by atoms with Crippen molar-refractivity contribution in [2.45, 2.75) is 25.9 Å². The van der Waals surface area contributed by atoms with Gasteiger partial charge in [-0.2, -0.15) is 18.3 Å². The van der Waals surface area contributed by atoms with Crippen LogP contribution in [0.4, 0.5) is 13.2 Å². The van der Waals surface area contributed by atoms with Gasteiger partial charge in [-0.15, -0.1) is 0 Å². The summed E-state index contributed by atoms with van der Waals surface area (Å²) in [5.41, 5.74) is -0.782. The summed E-state index contributed by atoms with van der Waals surface area (Å²) < 4.78 is 39.3. The van der Waals surface area contributed by atoms with E-state index in [0.717, 1.165) is 6.07 Å². The predicted octanol–water partition coefficient (Wildman–Crippen LogP) is 4.38. The van der Waals surface area contributed by atoms with Crippen molar-refractivity contribution in [2.75, 3.05) is 0 Å². The first kappa shape index (κ1) is 14.0. The second-order valence-corrected chi connectivity index (χ2v) is 5.30. The van der Waals surface area contributed by atoms with Crippen LogP contribution in [0.5, 0.6) is 0 Å². The maximum absolute atomic E-state index is 13.0. The molecule has 0 atom stereocenters. The Hall–Kier alpha value is -1.37. The Morgan fingerprint density at radius 1 is 1.26 bits per heavy atom. The molecule has 19 heavy (non-hydrogen) atoms. The van der Waals surface area contributed by atoms with Crippen LogP contribution in [-0.4, -0.2) is 15.2 Å². The number of nitrogens with one attached hydrogen (secondary N) is 1. The smallest absolute Gasteiger partial charge is 0.262 e. The molecular weight excluding hydrogens is 323 g/mol. The van der Waals surface area contributed by atoms with Crippen LogP contribution in [0.25, 0.3) is 11.4 Å². The molecule has 102 valence electrons. The van der Waals surface area contributed by atoms with Crippen LogP contribution in [-0.2, 0) is 6.18 Å². The number of benzene rings is 1. The highest BCUT2D eigenvalue weighted by molar-refractivity contribution is 9.10. The molecule has 0 bridgehead atoms. The molecule has 0 unspecified atom stereocenters. The molecule has 0 spiro atoms. The SMILES string of the molecule is CC(C)c1nc(-c2ccc(Br)cc2C(F)(F)F)n[nH]1. The van der Waals surface area contributed by atoms with Crippen molar-refractivity contribution in [1.29, 1.82) is 0 Å². The van der Waals surface area contributed by atoms with E-state index in [0.29, 0.717) is 10.3 Å². The lowest BCUT2D eigenvalue weighted by molar-refractivity contribution is -0.137. The molecule has 0 saturated carbocycles. The van der Waals surface area contributed by atoms with Crippen LogP contribution < -0.4 is 0 Å². The summed E-state index contributed by atoms with van der Waals surface area (Å²) in [4.78, 5) is 4.10. The van der Waals surface area contributed by atoms with Crippen LogP contribution in [0, 0.1) is 0 Å². The molecule has 0 amide bonds. The summed E-state index contributed by atoms with van der Waals surface area (Å²) in [5, 5.41) is 6.52. The fourth-order valence-corrected chi connectivity index (χ4v) is 1.96. The molecular formula is C12H11BrF3N3. The molecule has 0 fully saturated rings. The van der Waals surface area contributed by atoms with E-state index >= 15 is 0 Å². The predicted molar refractivity (Wildman–Crippen MR) is 68.6 cm³/mol. The van der Waals surface area contributed by atoms with Gasteiger partial charge < -0.3 is 0 Å². The van der Waals surface area contributed by atoms with E-state index in [1.165, 1.54) is 12.1 Å². The number of aromatic nitrogens is 3. The number of alkyl halides is 3. The van der Waals surface area contributed by atoms with Gasteiger partial charge in [-0.25, -0.2) is 4.98 Å². The van der Waals surface area contributed by atoms with Gasteiger partial charge in [0.05, 0.1) is 5.56 Å². The van der Waals surface area contributed by atoms with Crippen LogP contribution in [0.2, 0.25) is 0 Å². The summed E-state index contributed by atoms with van der Waals surface area (Å²) in [7, 11) is 0. The molecule has 3 nitrogen and oxygen atoms in total. The molecule has 0 radical (unpaired) electrons. The first-order chi connectivity index (χ1) is 8.79. The summed E-state index contributed by atoms with van der Waals surface area (Å²) in [6.07, 6.45) is -4.45. The second-order valence-electron chi connectivity index (χ2n) is 4.39. The first-order valence-corrected chi connectivity index (χ1v) is 6.37. The van der Waals surface area contributed by atoms with Gasteiger partial charge in [-0.05, 0) is 18.2 Å². The van der Waals surface area contributed by atoms with Gasteiger partial charge >= 0.3 is 6.18 Å². The van der Waals surface area contributed by atoms with E-state index in [4.69, 9.17) is 0 Å². The van der Waals surface area contributed by atoms with Crippen molar-refractivity contribution < 1.29 is 13.2 Å². The minimum Gasteiger partial charge on any atom is -0.262 e. The van der Waals surface area contributed by atoms with E-state index in [-0.39, 0.29) is 17.3 Å². The highest BCUT2D eigenvalue weighted by atomic mass is 79.9. The van der Waals surface area contributed by atoms with E-state index < -0.39 is 11.7 Å².